The van der Waals surface area contributed by atoms with Crippen LogP contribution >= 0.6 is 0 Å². The molecule has 8 rings (SSSR count). The minimum absolute atomic E-state index is 0.00844. The van der Waals surface area contributed by atoms with Crippen molar-refractivity contribution >= 4 is 27.5 Å². The van der Waals surface area contributed by atoms with Crippen LogP contribution in [0.4, 0.5) is 5.69 Å². The van der Waals surface area contributed by atoms with Gasteiger partial charge in [-0.05, 0) is 93.4 Å². The molecule has 6 heteroatoms. The number of rotatable bonds is 3. The van der Waals surface area contributed by atoms with Crippen molar-refractivity contribution in [1.82, 2.24) is 9.79 Å². The van der Waals surface area contributed by atoms with Gasteiger partial charge < -0.3 is 9.30 Å². The lowest BCUT2D eigenvalue weighted by molar-refractivity contribution is -0.300. The molecular formula is C37H31N3O3. The summed E-state index contributed by atoms with van der Waals surface area (Å²) in [4.78, 5) is 16.3. The van der Waals surface area contributed by atoms with Gasteiger partial charge in [0, 0.05) is 27.9 Å². The summed E-state index contributed by atoms with van der Waals surface area (Å²) in [7, 11) is 0. The summed E-state index contributed by atoms with van der Waals surface area (Å²) in [6, 6.07) is 29.3. The maximum Gasteiger partial charge on any atom is 0.195 e. The van der Waals surface area contributed by atoms with Gasteiger partial charge in [-0.2, -0.15) is 0 Å². The highest BCUT2D eigenvalue weighted by molar-refractivity contribution is 6.09. The molecule has 0 saturated carbocycles. The molecule has 2 unspecified atom stereocenters. The molecule has 0 spiro atoms. The maximum atomic E-state index is 7.97. The van der Waals surface area contributed by atoms with Crippen LogP contribution in [0.5, 0.6) is 5.75 Å². The number of ether oxygens (including phenoxy) is 1. The molecule has 3 aliphatic rings. The molecule has 1 fully saturated rings. The fourth-order valence-electron chi connectivity index (χ4n) is 6.33. The molecule has 43 heavy (non-hydrogen) atoms. The fourth-order valence-corrected chi connectivity index (χ4v) is 6.33. The minimum atomic E-state index is -0.479. The van der Waals surface area contributed by atoms with E-state index in [1.165, 1.54) is 10.8 Å². The van der Waals surface area contributed by atoms with Crippen molar-refractivity contribution in [3.8, 4) is 22.6 Å². The Kier molecular flexibility index (Phi) is 5.46. The van der Waals surface area contributed by atoms with Gasteiger partial charge in [-0.25, -0.2) is 14.5 Å². The van der Waals surface area contributed by atoms with Crippen LogP contribution < -0.4 is 4.74 Å². The van der Waals surface area contributed by atoms with E-state index in [9.17, 15) is 0 Å². The molecule has 1 aromatic heterocycles. The Morgan fingerprint density at radius 3 is 2.14 bits per heavy atom. The molecule has 6 nitrogen and oxygen atoms in total. The molecule has 1 saturated heterocycles. The predicted molar refractivity (Wildman–Crippen MR) is 169 cm³/mol. The monoisotopic (exact) mass is 565 g/mol. The second kappa shape index (κ2) is 9.08. The number of nitrogens with zero attached hydrogens (tertiary/aromatic N) is 3. The molecule has 3 heterocycles. The highest BCUT2D eigenvalue weighted by atomic mass is 17.0. The zero-order chi connectivity index (χ0) is 29.5. The summed E-state index contributed by atoms with van der Waals surface area (Å²) >= 11 is 0. The molecule has 5 aromatic rings. The van der Waals surface area contributed by atoms with E-state index >= 15 is 0 Å². The second-order valence-corrected chi connectivity index (χ2v) is 12.5. The van der Waals surface area contributed by atoms with Crippen LogP contribution in [0.1, 0.15) is 39.2 Å². The summed E-state index contributed by atoms with van der Waals surface area (Å²) in [5.74, 6) is 0.846. The van der Waals surface area contributed by atoms with E-state index in [2.05, 4.69) is 88.3 Å². The second-order valence-electron chi connectivity index (χ2n) is 12.5. The Labute approximate surface area is 250 Å². The van der Waals surface area contributed by atoms with E-state index in [-0.39, 0.29) is 12.0 Å². The molecule has 2 atom stereocenters. The Balaban J connectivity index is 1.21. The quantitative estimate of drug-likeness (QED) is 0.205. The van der Waals surface area contributed by atoms with Crippen LogP contribution in [-0.2, 0) is 9.68 Å². The third kappa shape index (κ3) is 3.86. The molecule has 0 N–H and O–H groups in total. The SMILES string of the molecule is [C-]#[N+]c1ccc(-n2c3ccccc3c3ccccc32)cc1-c1ccc2c(c1)C1C=C(N3OC(C)(C)C(C)(C)O3)C=CC1O2. The molecule has 2 aliphatic heterocycles. The lowest BCUT2D eigenvalue weighted by Gasteiger charge is -2.26. The third-order valence-electron chi connectivity index (χ3n) is 9.33. The third-order valence-corrected chi connectivity index (χ3v) is 9.33. The van der Waals surface area contributed by atoms with E-state index < -0.39 is 11.2 Å². The van der Waals surface area contributed by atoms with E-state index in [4.69, 9.17) is 21.0 Å². The topological polar surface area (TPSA) is 40.2 Å². The van der Waals surface area contributed by atoms with E-state index in [0.29, 0.717) is 5.69 Å². The van der Waals surface area contributed by atoms with Gasteiger partial charge in [-0.15, -0.1) is 5.23 Å². The maximum absolute atomic E-state index is 7.97. The number of fused-ring (bicyclic) bond motifs is 6. The van der Waals surface area contributed by atoms with Crippen molar-refractivity contribution in [3.63, 3.8) is 0 Å². The summed E-state index contributed by atoms with van der Waals surface area (Å²) in [5.41, 5.74) is 6.76. The zero-order valence-electron chi connectivity index (χ0n) is 24.5. The molecule has 0 bridgehead atoms. The van der Waals surface area contributed by atoms with Gasteiger partial charge in [0.25, 0.3) is 0 Å². The van der Waals surface area contributed by atoms with Crippen molar-refractivity contribution in [2.45, 2.75) is 50.9 Å². The van der Waals surface area contributed by atoms with Crippen molar-refractivity contribution in [3.05, 3.63) is 126 Å². The van der Waals surface area contributed by atoms with Crippen LogP contribution in [0, 0.1) is 6.57 Å². The highest BCUT2D eigenvalue weighted by Gasteiger charge is 2.51. The normalized spacial score (nSPS) is 21.4. The van der Waals surface area contributed by atoms with E-state index in [1.807, 2.05) is 52.0 Å². The van der Waals surface area contributed by atoms with Crippen molar-refractivity contribution in [1.29, 1.82) is 0 Å². The van der Waals surface area contributed by atoms with Gasteiger partial charge in [0.1, 0.15) is 23.1 Å². The van der Waals surface area contributed by atoms with Crippen LogP contribution in [0.15, 0.2) is 109 Å². The summed E-state index contributed by atoms with van der Waals surface area (Å²) < 4.78 is 8.62. The Morgan fingerprint density at radius 2 is 1.47 bits per heavy atom. The summed E-state index contributed by atoms with van der Waals surface area (Å²) in [6.07, 6.45) is 6.11. The number of benzene rings is 4. The summed E-state index contributed by atoms with van der Waals surface area (Å²) in [5, 5.41) is 3.96. The molecule has 1 aliphatic carbocycles. The zero-order valence-corrected chi connectivity index (χ0v) is 24.5. The van der Waals surface area contributed by atoms with Gasteiger partial charge in [-0.3, -0.25) is 0 Å². The van der Waals surface area contributed by atoms with E-state index in [1.54, 1.807) is 5.23 Å². The Bertz CT molecular complexity index is 1990. The van der Waals surface area contributed by atoms with Crippen molar-refractivity contribution < 1.29 is 14.4 Å². The first kappa shape index (κ1) is 25.8. The van der Waals surface area contributed by atoms with Crippen molar-refractivity contribution in [2.24, 2.45) is 0 Å². The number of hydrogen-bond acceptors (Lipinski definition) is 4. The average molecular weight is 566 g/mol. The first-order valence-corrected chi connectivity index (χ1v) is 14.6. The first-order chi connectivity index (χ1) is 20.7. The first-order valence-electron chi connectivity index (χ1n) is 14.6. The number of aromatic nitrogens is 1. The van der Waals surface area contributed by atoms with Crippen LogP contribution in [0.25, 0.3) is 43.5 Å². The van der Waals surface area contributed by atoms with Gasteiger partial charge in [0.2, 0.25) is 0 Å². The molecule has 4 aromatic carbocycles. The average Bonchev–Trinajstić information content (AvgIpc) is 3.62. The Hall–Kier alpha value is -4.83. The standard InChI is InChI=1S/C37H31N3O3/c1-36(2)37(3,4)43-40(42-36)25-16-19-35-30(22-25)29-20-23(14-18-34(29)41-35)28-21-24(15-17-31(28)38-5)39-32-12-8-6-10-26(32)27-11-7-9-13-33(27)39/h6-22,30,35H,1-4H3. The largest absolute Gasteiger partial charge is 0.485 e. The lowest BCUT2D eigenvalue weighted by atomic mass is 9.89. The number of hydroxylamine groups is 2. The van der Waals surface area contributed by atoms with E-state index in [0.717, 1.165) is 44.9 Å². The molecule has 0 amide bonds. The number of allylic oxidation sites excluding steroid dienone is 1. The van der Waals surface area contributed by atoms with Gasteiger partial charge >= 0.3 is 0 Å². The predicted octanol–water partition coefficient (Wildman–Crippen LogP) is 9.04. The highest BCUT2D eigenvalue weighted by Crippen LogP contribution is 2.47. The van der Waals surface area contributed by atoms with Crippen molar-refractivity contribution in [2.75, 3.05) is 0 Å². The van der Waals surface area contributed by atoms with Crippen LogP contribution in [-0.4, -0.2) is 27.1 Å². The van der Waals surface area contributed by atoms with Gasteiger partial charge in [0.05, 0.1) is 23.3 Å². The molecule has 212 valence electrons. The fraction of sp³-hybridized carbons (Fsp3) is 0.216. The summed E-state index contributed by atoms with van der Waals surface area (Å²) in [6.45, 7) is 16.1. The lowest BCUT2D eigenvalue weighted by Crippen LogP contribution is -2.41. The molecular weight excluding hydrogens is 534 g/mol. The van der Waals surface area contributed by atoms with Gasteiger partial charge in [-0.1, -0.05) is 48.5 Å². The molecule has 0 radical (unpaired) electrons. The number of hydrogen-bond donors (Lipinski definition) is 0. The van der Waals surface area contributed by atoms with Crippen LogP contribution in [0.3, 0.4) is 0 Å². The Morgan fingerprint density at radius 1 is 0.791 bits per heavy atom. The minimum Gasteiger partial charge on any atom is -0.485 e. The number of para-hydroxylation sites is 2. The smallest absolute Gasteiger partial charge is 0.195 e. The van der Waals surface area contributed by atoms with Crippen LogP contribution in [0.2, 0.25) is 0 Å². The van der Waals surface area contributed by atoms with Gasteiger partial charge in [0.15, 0.2) is 5.69 Å².